The van der Waals surface area contributed by atoms with Crippen molar-refractivity contribution >= 4 is 70.7 Å². The molecule has 0 fully saturated rings. The number of ether oxygens (including phenoxy) is 5. The molecule has 0 radical (unpaired) electrons. The molecule has 0 aliphatic heterocycles. The van der Waals surface area contributed by atoms with Crippen LogP contribution in [0, 0.1) is 66.7 Å². The van der Waals surface area contributed by atoms with E-state index in [0.29, 0.717) is 32.2 Å². The Hall–Kier alpha value is -9.00. The normalized spacial score (nSPS) is 12.1. The van der Waals surface area contributed by atoms with E-state index in [2.05, 4.69) is 26.6 Å². The highest BCUT2D eigenvalue weighted by Crippen LogP contribution is 2.13. The minimum atomic E-state index is -0.840. The first kappa shape index (κ1) is 89.0. The number of aryl methyl sites for hydroxylation is 2. The van der Waals surface area contributed by atoms with E-state index in [9.17, 15) is 65.5 Å². The molecule has 552 valence electrons. The van der Waals surface area contributed by atoms with Crippen molar-refractivity contribution in [2.45, 2.75) is 180 Å². The van der Waals surface area contributed by atoms with Gasteiger partial charge in [0.2, 0.25) is 29.5 Å². The Bertz CT molecular complexity index is 3350. The van der Waals surface area contributed by atoms with Gasteiger partial charge in [-0.15, -0.1) is 0 Å². The highest BCUT2D eigenvalue weighted by Gasteiger charge is 2.23. The number of benzene rings is 4. The number of carbonyl (C=O) groups excluding carboxylic acids is 10. The second-order valence-corrected chi connectivity index (χ2v) is 26.8. The summed E-state index contributed by atoms with van der Waals surface area (Å²) in [6, 6.07) is 19.7. The van der Waals surface area contributed by atoms with Crippen LogP contribution in [0.3, 0.4) is 0 Å². The van der Waals surface area contributed by atoms with E-state index in [1.165, 1.54) is 13.8 Å². The molecule has 5 amide bonds. The predicted molar refractivity (Wildman–Crippen MR) is 375 cm³/mol. The number of thiophene rings is 1. The van der Waals surface area contributed by atoms with Crippen LogP contribution in [0.15, 0.2) is 102 Å². The number of amides is 5. The van der Waals surface area contributed by atoms with Crippen molar-refractivity contribution < 1.29 is 89.2 Å². The van der Waals surface area contributed by atoms with Gasteiger partial charge >= 0.3 is 29.8 Å². The van der Waals surface area contributed by atoms with Gasteiger partial charge in [0.15, 0.2) is 0 Å². The molecule has 0 saturated heterocycles. The lowest BCUT2D eigenvalue weighted by Gasteiger charge is -2.14. The summed E-state index contributed by atoms with van der Waals surface area (Å²) in [6.45, 7) is 32.9. The third kappa shape index (κ3) is 42.1. The van der Waals surface area contributed by atoms with E-state index in [1.54, 1.807) is 32.1 Å². The SMILES string of the molecule is CC(C)COC(=O)C(C)NC(=O)Cc1cc(F)cc(F)c1.CC(C)COC(=O)C(C)NC(=O)Cc1cc(F)ccc1F.CC(C)COC(=O)C(C)NC(=O)Cc1ccsc1.Cc1ccc(CC(=O)NC(C)C(=O)OCC(C)C)cc1.Cc1cccc(CC(=O)NC(C)C(=O)OCC(C)C)c1. The first-order chi connectivity index (χ1) is 46.8. The molecule has 0 spiro atoms. The van der Waals surface area contributed by atoms with Gasteiger partial charge in [0, 0.05) is 11.6 Å². The molecule has 5 aromatic rings. The largest absolute Gasteiger partial charge is 0.464 e. The smallest absolute Gasteiger partial charge is 0.328 e. The number of hydrogen-bond acceptors (Lipinski definition) is 16. The summed E-state index contributed by atoms with van der Waals surface area (Å²) < 4.78 is 77.6. The van der Waals surface area contributed by atoms with Gasteiger partial charge in [0.25, 0.3) is 0 Å². The predicted octanol–water partition coefficient (Wildman–Crippen LogP) is 10.9. The average molecular weight is 1420 g/mol. The van der Waals surface area contributed by atoms with Crippen LogP contribution in [-0.4, -0.2) is 123 Å². The third-order valence-electron chi connectivity index (χ3n) is 13.0. The van der Waals surface area contributed by atoms with Crippen LogP contribution in [0.5, 0.6) is 0 Å². The Kier molecular flexibility index (Phi) is 42.6. The Labute approximate surface area is 590 Å². The lowest BCUT2D eigenvalue weighted by Crippen LogP contribution is -2.40. The van der Waals surface area contributed by atoms with Gasteiger partial charge in [-0.2, -0.15) is 11.3 Å². The Morgan fingerprint density at radius 2 is 0.680 bits per heavy atom. The summed E-state index contributed by atoms with van der Waals surface area (Å²) in [5, 5.41) is 16.6. The quantitative estimate of drug-likeness (QED) is 0.0162. The van der Waals surface area contributed by atoms with E-state index < -0.39 is 89.2 Å². The fraction of sp³-hybridized carbons (Fsp3) is 0.493. The molecule has 5 rings (SSSR count). The topological polar surface area (TPSA) is 277 Å². The van der Waals surface area contributed by atoms with Crippen LogP contribution < -0.4 is 26.6 Å². The van der Waals surface area contributed by atoms with Crippen molar-refractivity contribution in [1.82, 2.24) is 26.6 Å². The molecule has 5 atom stereocenters. The highest BCUT2D eigenvalue weighted by molar-refractivity contribution is 7.08. The minimum absolute atomic E-state index is 0.0600. The third-order valence-corrected chi connectivity index (χ3v) is 13.7. The Morgan fingerprint density at radius 3 is 1.02 bits per heavy atom. The second kappa shape index (κ2) is 47.9. The van der Waals surface area contributed by atoms with Crippen LogP contribution in [0.25, 0.3) is 0 Å². The van der Waals surface area contributed by atoms with Crippen LogP contribution >= 0.6 is 11.3 Å². The van der Waals surface area contributed by atoms with Crippen molar-refractivity contribution in [3.05, 3.63) is 164 Å². The molecule has 0 saturated carbocycles. The molecule has 100 heavy (non-hydrogen) atoms. The van der Waals surface area contributed by atoms with Gasteiger partial charge in [-0.25, -0.2) is 41.5 Å². The maximum Gasteiger partial charge on any atom is 0.328 e. The monoisotopic (exact) mass is 1420 g/mol. The molecule has 25 heteroatoms. The zero-order chi connectivity index (χ0) is 75.8. The fourth-order valence-corrected chi connectivity index (χ4v) is 8.52. The zero-order valence-corrected chi connectivity index (χ0v) is 61.5. The first-order valence-corrected chi connectivity index (χ1v) is 34.1. The first-order valence-electron chi connectivity index (χ1n) is 33.1. The van der Waals surface area contributed by atoms with E-state index in [-0.39, 0.29) is 97.4 Å². The zero-order valence-electron chi connectivity index (χ0n) is 60.7. The van der Waals surface area contributed by atoms with Crippen molar-refractivity contribution in [2.24, 2.45) is 29.6 Å². The number of hydrogen-bond donors (Lipinski definition) is 5. The van der Waals surface area contributed by atoms with E-state index >= 15 is 0 Å². The summed E-state index contributed by atoms with van der Waals surface area (Å²) in [4.78, 5) is 117. The van der Waals surface area contributed by atoms with Gasteiger partial charge in [-0.3, -0.25) is 24.0 Å². The molecule has 4 aromatic carbocycles. The van der Waals surface area contributed by atoms with E-state index in [1.807, 2.05) is 148 Å². The van der Waals surface area contributed by atoms with Crippen LogP contribution in [0.2, 0.25) is 0 Å². The van der Waals surface area contributed by atoms with Crippen LogP contribution in [0.1, 0.15) is 143 Å². The minimum Gasteiger partial charge on any atom is -0.464 e. The van der Waals surface area contributed by atoms with Gasteiger partial charge in [-0.1, -0.05) is 129 Å². The lowest BCUT2D eigenvalue weighted by molar-refractivity contribution is -0.148. The summed E-state index contributed by atoms with van der Waals surface area (Å²) in [5.74, 6) is -5.39. The molecule has 20 nitrogen and oxygen atoms in total. The Balaban J connectivity index is 0.000000626. The lowest BCUT2D eigenvalue weighted by atomic mass is 10.1. The van der Waals surface area contributed by atoms with Crippen molar-refractivity contribution in [3.63, 3.8) is 0 Å². The second-order valence-electron chi connectivity index (χ2n) is 26.1. The summed E-state index contributed by atoms with van der Waals surface area (Å²) in [7, 11) is 0. The van der Waals surface area contributed by atoms with Gasteiger partial charge in [0.1, 0.15) is 53.5 Å². The molecule has 5 N–H and O–H groups in total. The van der Waals surface area contributed by atoms with Crippen molar-refractivity contribution in [2.75, 3.05) is 33.0 Å². The maximum absolute atomic E-state index is 13.4. The molecule has 0 aliphatic carbocycles. The number of esters is 5. The number of halogens is 4. The highest BCUT2D eigenvalue weighted by atomic mass is 32.1. The van der Waals surface area contributed by atoms with E-state index in [4.69, 9.17) is 23.7 Å². The molecule has 0 bridgehead atoms. The molecule has 1 aromatic heterocycles. The fourth-order valence-electron chi connectivity index (χ4n) is 7.85. The average Bonchev–Trinajstić information content (AvgIpc) is 1.05. The van der Waals surface area contributed by atoms with Crippen LogP contribution in [-0.2, 0) is 104 Å². The number of carbonyl (C=O) groups is 10. The van der Waals surface area contributed by atoms with E-state index in [0.717, 1.165) is 64.2 Å². The molecular formula is C75H103F4N5O15S. The van der Waals surface area contributed by atoms with Gasteiger partial charge in [-0.05, 0) is 147 Å². The number of nitrogens with one attached hydrogen (secondary N) is 5. The number of rotatable bonds is 30. The van der Waals surface area contributed by atoms with Crippen LogP contribution in [0.4, 0.5) is 17.6 Å². The molecular weight excluding hydrogens is 1320 g/mol. The molecule has 5 unspecified atom stereocenters. The summed E-state index contributed by atoms with van der Waals surface area (Å²) >= 11 is 1.55. The van der Waals surface area contributed by atoms with Crippen molar-refractivity contribution in [1.29, 1.82) is 0 Å². The maximum atomic E-state index is 13.4. The summed E-state index contributed by atoms with van der Waals surface area (Å²) in [6.07, 6.45) is 0.277. The van der Waals surface area contributed by atoms with Gasteiger partial charge < -0.3 is 50.3 Å². The molecule has 1 heterocycles. The Morgan fingerprint density at radius 1 is 0.340 bits per heavy atom. The van der Waals surface area contributed by atoms with Gasteiger partial charge in [0.05, 0.1) is 65.1 Å². The van der Waals surface area contributed by atoms with Crippen molar-refractivity contribution in [3.8, 4) is 0 Å². The molecule has 0 aliphatic rings. The standard InChI is InChI=1S/2C16H23NO3.2C15H19F2NO3.C13H19NO3S/c1-11(2)10-20-16(19)13(4)17-15(18)9-14-7-5-12(3)6-8-14;1-11(2)10-20-16(19)13(4)17-15(18)9-14-7-5-6-12(3)8-14;1-9(2)8-21-15(20)10(3)18-14(19)6-11-4-12(16)7-13(17)5-11;1-9(2)8-21-15(20)10(3)18-14(19)7-11-6-12(16)4-5-13(11)17;1-9(2)7-17-13(16)10(3)14-12(15)6-11-4-5-18-8-11/h2*5-8,11,13H,9-10H2,1-4H3,(H,17,18);4-5,7,9-10H,6,8H2,1-3H3,(H,18,19);4-6,9-10H,7-8H2,1-3H3,(H,18,19);4-5,8-10H,6-7H2,1-3H3,(H,14,15). The summed E-state index contributed by atoms with van der Waals surface area (Å²) in [5.41, 5.74) is 5.23.